The molecule has 4 nitrogen and oxygen atoms in total. The van der Waals surface area contributed by atoms with Crippen molar-refractivity contribution in [1.82, 2.24) is 14.8 Å². The number of hydrogen-bond acceptors (Lipinski definition) is 4. The molecule has 27 heavy (non-hydrogen) atoms. The van der Waals surface area contributed by atoms with Crippen LogP contribution in [0.5, 0.6) is 0 Å². The van der Waals surface area contributed by atoms with Gasteiger partial charge in [0, 0.05) is 22.3 Å². The van der Waals surface area contributed by atoms with Crippen molar-refractivity contribution in [3.63, 3.8) is 0 Å². The molecule has 2 aromatic heterocycles. The van der Waals surface area contributed by atoms with Gasteiger partial charge in [0.2, 0.25) is 0 Å². The predicted octanol–water partition coefficient (Wildman–Crippen LogP) is 5.61. The predicted molar refractivity (Wildman–Crippen MR) is 107 cm³/mol. The van der Waals surface area contributed by atoms with Crippen LogP contribution in [0.2, 0.25) is 5.02 Å². The van der Waals surface area contributed by atoms with Crippen LogP contribution in [0.1, 0.15) is 5.56 Å². The number of nitrogens with zero attached hydrogens (tertiary/aromatic N) is 4. The molecule has 0 fully saturated rings. The van der Waals surface area contributed by atoms with Gasteiger partial charge in [0.15, 0.2) is 0 Å². The molecule has 2 heterocycles. The lowest BCUT2D eigenvalue weighted by Crippen LogP contribution is -1.94. The van der Waals surface area contributed by atoms with E-state index < -0.39 is 0 Å². The summed E-state index contributed by atoms with van der Waals surface area (Å²) < 4.78 is 1.84. The summed E-state index contributed by atoms with van der Waals surface area (Å²) in [5, 5.41) is 14.4. The third kappa shape index (κ3) is 3.87. The first kappa shape index (κ1) is 17.3. The number of para-hydroxylation sites is 1. The highest BCUT2D eigenvalue weighted by atomic mass is 35.5. The molecule has 4 rings (SSSR count). The lowest BCUT2D eigenvalue weighted by molar-refractivity contribution is 0.881. The summed E-state index contributed by atoms with van der Waals surface area (Å²) in [7, 11) is 0. The largest absolute Gasteiger partial charge is 0.253 e. The van der Waals surface area contributed by atoms with Gasteiger partial charge in [0.05, 0.1) is 21.8 Å². The van der Waals surface area contributed by atoms with E-state index in [9.17, 15) is 0 Å². The van der Waals surface area contributed by atoms with Crippen LogP contribution in [0.3, 0.4) is 0 Å². The zero-order valence-electron chi connectivity index (χ0n) is 14.1. The van der Waals surface area contributed by atoms with Gasteiger partial charge in [0.25, 0.3) is 0 Å². The van der Waals surface area contributed by atoms with Crippen LogP contribution in [-0.4, -0.2) is 14.8 Å². The van der Waals surface area contributed by atoms with E-state index in [1.807, 2.05) is 71.5 Å². The normalized spacial score (nSPS) is 10.5. The minimum Gasteiger partial charge on any atom is -0.253 e. The van der Waals surface area contributed by atoms with Crippen LogP contribution in [0.15, 0.2) is 88.9 Å². The Morgan fingerprint density at radius 3 is 2.41 bits per heavy atom. The number of halogens is 1. The van der Waals surface area contributed by atoms with E-state index in [0.29, 0.717) is 10.6 Å². The van der Waals surface area contributed by atoms with Crippen LogP contribution in [-0.2, 0) is 0 Å². The van der Waals surface area contributed by atoms with Crippen molar-refractivity contribution in [2.45, 2.75) is 9.79 Å². The molecule has 0 amide bonds. The van der Waals surface area contributed by atoms with E-state index in [1.165, 1.54) is 0 Å². The van der Waals surface area contributed by atoms with E-state index in [2.05, 4.69) is 11.1 Å². The molecule has 0 aliphatic heterocycles. The first-order valence-electron chi connectivity index (χ1n) is 8.18. The molecular formula is C21H13ClN4S. The third-order valence-corrected chi connectivity index (χ3v) is 5.16. The summed E-state index contributed by atoms with van der Waals surface area (Å²) in [5.41, 5.74) is 2.98. The summed E-state index contributed by atoms with van der Waals surface area (Å²) in [5.74, 6) is 0. The zero-order valence-corrected chi connectivity index (χ0v) is 15.7. The highest BCUT2D eigenvalue weighted by Crippen LogP contribution is 2.35. The molecule has 0 unspecified atom stereocenters. The fraction of sp³-hybridized carbons (Fsp3) is 0. The maximum atomic E-state index is 9.00. The Labute approximate surface area is 166 Å². The van der Waals surface area contributed by atoms with Crippen LogP contribution in [0, 0.1) is 11.3 Å². The number of hydrogen-bond donors (Lipinski definition) is 0. The Hall–Kier alpha value is -3.07. The maximum absolute atomic E-state index is 9.00. The molecule has 130 valence electrons. The van der Waals surface area contributed by atoms with Crippen molar-refractivity contribution in [1.29, 1.82) is 5.26 Å². The average Bonchev–Trinajstić information content (AvgIpc) is 3.14. The molecule has 0 spiro atoms. The van der Waals surface area contributed by atoms with Crippen LogP contribution in [0.4, 0.5) is 0 Å². The average molecular weight is 389 g/mol. The fourth-order valence-corrected chi connectivity index (χ4v) is 3.60. The Morgan fingerprint density at radius 2 is 1.74 bits per heavy atom. The van der Waals surface area contributed by atoms with Gasteiger partial charge < -0.3 is 0 Å². The monoisotopic (exact) mass is 388 g/mol. The molecule has 0 radical (unpaired) electrons. The number of rotatable bonds is 4. The quantitative estimate of drug-likeness (QED) is 0.456. The van der Waals surface area contributed by atoms with E-state index in [4.69, 9.17) is 22.0 Å². The summed E-state index contributed by atoms with van der Waals surface area (Å²) in [6, 6.07) is 23.3. The lowest BCUT2D eigenvalue weighted by Gasteiger charge is -2.02. The summed E-state index contributed by atoms with van der Waals surface area (Å²) >= 11 is 7.59. The van der Waals surface area contributed by atoms with Gasteiger partial charge in [-0.1, -0.05) is 41.6 Å². The lowest BCUT2D eigenvalue weighted by atomic mass is 10.2. The smallest absolute Gasteiger partial charge is 0.125 e. The van der Waals surface area contributed by atoms with Crippen molar-refractivity contribution in [2.24, 2.45) is 0 Å². The van der Waals surface area contributed by atoms with Gasteiger partial charge in [-0.2, -0.15) is 10.4 Å². The summed E-state index contributed by atoms with van der Waals surface area (Å²) in [6.45, 7) is 0. The number of nitriles is 1. The Morgan fingerprint density at radius 1 is 0.963 bits per heavy atom. The molecule has 0 aliphatic rings. The van der Waals surface area contributed by atoms with E-state index >= 15 is 0 Å². The molecule has 0 aliphatic carbocycles. The van der Waals surface area contributed by atoms with Crippen molar-refractivity contribution in [3.8, 4) is 23.1 Å². The van der Waals surface area contributed by atoms with Gasteiger partial charge in [-0.25, -0.2) is 4.68 Å². The second kappa shape index (κ2) is 7.67. The fourth-order valence-electron chi connectivity index (χ4n) is 2.55. The first-order chi connectivity index (χ1) is 13.2. The van der Waals surface area contributed by atoms with Gasteiger partial charge in [-0.3, -0.25) is 4.98 Å². The second-order valence-electron chi connectivity index (χ2n) is 5.72. The molecule has 4 aromatic rings. The van der Waals surface area contributed by atoms with Crippen molar-refractivity contribution in [3.05, 3.63) is 89.7 Å². The highest BCUT2D eigenvalue weighted by molar-refractivity contribution is 7.99. The first-order valence-corrected chi connectivity index (χ1v) is 9.37. The van der Waals surface area contributed by atoms with Crippen LogP contribution in [0.25, 0.3) is 17.1 Å². The number of aromatic nitrogens is 3. The van der Waals surface area contributed by atoms with Gasteiger partial charge in [-0.05, 0) is 48.5 Å². The van der Waals surface area contributed by atoms with E-state index in [0.717, 1.165) is 26.9 Å². The van der Waals surface area contributed by atoms with Gasteiger partial charge in [0.1, 0.15) is 11.8 Å². The van der Waals surface area contributed by atoms with Crippen molar-refractivity contribution >= 4 is 23.4 Å². The molecule has 6 heteroatoms. The molecule has 0 saturated carbocycles. The Balaban J connectivity index is 1.78. The topological polar surface area (TPSA) is 54.5 Å². The second-order valence-corrected chi connectivity index (χ2v) is 7.27. The highest BCUT2D eigenvalue weighted by Gasteiger charge is 2.15. The maximum Gasteiger partial charge on any atom is 0.125 e. The Bertz CT molecular complexity index is 1100. The van der Waals surface area contributed by atoms with Crippen LogP contribution < -0.4 is 0 Å². The van der Waals surface area contributed by atoms with E-state index in [1.54, 1.807) is 24.0 Å². The number of benzene rings is 2. The van der Waals surface area contributed by atoms with Crippen molar-refractivity contribution in [2.75, 3.05) is 0 Å². The van der Waals surface area contributed by atoms with Gasteiger partial charge in [-0.15, -0.1) is 0 Å². The minimum absolute atomic E-state index is 0.521. The zero-order chi connectivity index (χ0) is 18.6. The van der Waals surface area contributed by atoms with Crippen molar-refractivity contribution < 1.29 is 0 Å². The summed E-state index contributed by atoms with van der Waals surface area (Å²) in [6.07, 6.45) is 3.55. The standard InChI is InChI=1S/C21H13ClN4S/c22-16-7-9-18(10-8-16)27-20-14-26(17-4-2-1-3-5-17)25-21(20)19-11-6-15(12-23)13-24-19/h1-11,13-14H. The SMILES string of the molecule is N#Cc1ccc(-c2nn(-c3ccccc3)cc2Sc2ccc(Cl)cc2)nc1. The van der Waals surface area contributed by atoms with E-state index in [-0.39, 0.29) is 0 Å². The minimum atomic E-state index is 0.521. The summed E-state index contributed by atoms with van der Waals surface area (Å²) in [4.78, 5) is 6.44. The molecule has 0 N–H and O–H groups in total. The third-order valence-electron chi connectivity index (χ3n) is 3.88. The molecule has 0 bridgehead atoms. The molecule has 0 atom stereocenters. The number of pyridine rings is 1. The van der Waals surface area contributed by atoms with Crippen LogP contribution >= 0.6 is 23.4 Å². The molecule has 0 saturated heterocycles. The molecular weight excluding hydrogens is 376 g/mol. The molecule has 2 aromatic carbocycles. The van der Waals surface area contributed by atoms with Gasteiger partial charge >= 0.3 is 0 Å². The Kier molecular flexibility index (Phi) is 4.93.